The van der Waals surface area contributed by atoms with Crippen molar-refractivity contribution in [3.8, 4) is 0 Å². The second kappa shape index (κ2) is 11.9. The number of carbonyl (C=O) groups is 2. The average molecular weight is 300 g/mol. The number of ether oxygens (including phenoxy) is 2. The van der Waals surface area contributed by atoms with Gasteiger partial charge in [0.25, 0.3) is 0 Å². The monoisotopic (exact) mass is 300 g/mol. The summed E-state index contributed by atoms with van der Waals surface area (Å²) in [6.07, 6.45) is 5.66. The van der Waals surface area contributed by atoms with Gasteiger partial charge in [0, 0.05) is 0 Å². The molecule has 4 heteroatoms. The van der Waals surface area contributed by atoms with Crippen molar-refractivity contribution in [2.75, 3.05) is 0 Å². The third-order valence-corrected chi connectivity index (χ3v) is 2.40. The summed E-state index contributed by atoms with van der Waals surface area (Å²) < 4.78 is 8.72. The molecule has 4 nitrogen and oxygen atoms in total. The summed E-state index contributed by atoms with van der Waals surface area (Å²) in [5, 5.41) is 0. The molecule has 0 fully saturated rings. The van der Waals surface area contributed by atoms with Crippen molar-refractivity contribution in [3.05, 3.63) is 74.2 Å². The van der Waals surface area contributed by atoms with Crippen LogP contribution in [-0.2, 0) is 19.1 Å². The standard InChI is InChI=1S/C10H10.C8H10O4/c1-3-9-7-5-6-8-10(9)4-2;1-3-11-7(9)5-6-8(10)12-4-2/h3-8H,1-2H2;3-4H,1-2,5-6H2. The molecule has 0 saturated heterocycles. The minimum absolute atomic E-state index is 0.0152. The van der Waals surface area contributed by atoms with Crippen LogP contribution in [0.15, 0.2) is 63.1 Å². The molecule has 1 rings (SSSR count). The van der Waals surface area contributed by atoms with E-state index in [4.69, 9.17) is 0 Å². The van der Waals surface area contributed by atoms with Crippen molar-refractivity contribution < 1.29 is 19.1 Å². The maximum absolute atomic E-state index is 10.6. The van der Waals surface area contributed by atoms with Gasteiger partial charge in [-0.15, -0.1) is 0 Å². The van der Waals surface area contributed by atoms with E-state index < -0.39 is 11.9 Å². The highest BCUT2D eigenvalue weighted by Gasteiger charge is 2.06. The van der Waals surface area contributed by atoms with Gasteiger partial charge in [-0.1, -0.05) is 62.7 Å². The van der Waals surface area contributed by atoms with Crippen LogP contribution in [0.2, 0.25) is 0 Å². The molecule has 0 aliphatic carbocycles. The highest BCUT2D eigenvalue weighted by molar-refractivity contribution is 5.78. The van der Waals surface area contributed by atoms with Gasteiger partial charge >= 0.3 is 11.9 Å². The summed E-state index contributed by atoms with van der Waals surface area (Å²) in [5.74, 6) is -1.02. The summed E-state index contributed by atoms with van der Waals surface area (Å²) in [6, 6.07) is 8.02. The molecule has 1 aromatic carbocycles. The quantitative estimate of drug-likeness (QED) is 0.561. The van der Waals surface area contributed by atoms with Crippen molar-refractivity contribution in [2.45, 2.75) is 12.8 Å². The zero-order chi connectivity index (χ0) is 16.8. The van der Waals surface area contributed by atoms with Gasteiger partial charge in [-0.2, -0.15) is 0 Å². The number of hydrogen-bond acceptors (Lipinski definition) is 4. The van der Waals surface area contributed by atoms with Crippen molar-refractivity contribution in [2.24, 2.45) is 0 Å². The Hall–Kier alpha value is -2.88. The Morgan fingerprint density at radius 1 is 0.818 bits per heavy atom. The second-order valence-electron chi connectivity index (χ2n) is 3.85. The molecule has 0 amide bonds. The topological polar surface area (TPSA) is 52.6 Å². The molecule has 0 atom stereocenters. The van der Waals surface area contributed by atoms with E-state index in [0.717, 1.165) is 23.7 Å². The lowest BCUT2D eigenvalue weighted by atomic mass is 10.1. The zero-order valence-electron chi connectivity index (χ0n) is 12.5. The molecule has 0 aromatic heterocycles. The van der Waals surface area contributed by atoms with Crippen LogP contribution in [0, 0.1) is 0 Å². The first-order valence-electron chi connectivity index (χ1n) is 6.53. The molecule has 116 valence electrons. The number of rotatable bonds is 7. The fourth-order valence-corrected chi connectivity index (χ4v) is 1.39. The Morgan fingerprint density at radius 3 is 1.45 bits per heavy atom. The van der Waals surface area contributed by atoms with Gasteiger partial charge in [-0.3, -0.25) is 9.59 Å². The Labute approximate surface area is 131 Å². The Balaban J connectivity index is 0.000000406. The van der Waals surface area contributed by atoms with Crippen molar-refractivity contribution in [3.63, 3.8) is 0 Å². The van der Waals surface area contributed by atoms with Crippen LogP contribution >= 0.6 is 0 Å². The number of esters is 2. The van der Waals surface area contributed by atoms with Crippen molar-refractivity contribution in [1.29, 1.82) is 0 Å². The van der Waals surface area contributed by atoms with Crippen molar-refractivity contribution in [1.82, 2.24) is 0 Å². The summed E-state index contributed by atoms with van der Waals surface area (Å²) in [7, 11) is 0. The highest BCUT2D eigenvalue weighted by atomic mass is 16.5. The highest BCUT2D eigenvalue weighted by Crippen LogP contribution is 2.10. The van der Waals surface area contributed by atoms with Crippen LogP contribution in [0.5, 0.6) is 0 Å². The molecule has 0 unspecified atom stereocenters. The number of hydrogen-bond donors (Lipinski definition) is 0. The van der Waals surface area contributed by atoms with Gasteiger partial charge in [0.1, 0.15) is 0 Å². The maximum Gasteiger partial charge on any atom is 0.311 e. The molecular weight excluding hydrogens is 280 g/mol. The summed E-state index contributed by atoms with van der Waals surface area (Å²) >= 11 is 0. The second-order valence-corrected chi connectivity index (χ2v) is 3.85. The summed E-state index contributed by atoms with van der Waals surface area (Å²) in [6.45, 7) is 13.8. The first-order chi connectivity index (χ1) is 10.6. The van der Waals surface area contributed by atoms with E-state index in [9.17, 15) is 9.59 Å². The summed E-state index contributed by atoms with van der Waals surface area (Å²) in [5.41, 5.74) is 2.27. The smallest absolute Gasteiger partial charge is 0.311 e. The molecule has 0 saturated carbocycles. The van der Waals surface area contributed by atoms with E-state index in [0.29, 0.717) is 0 Å². The van der Waals surface area contributed by atoms with E-state index in [-0.39, 0.29) is 12.8 Å². The molecule has 0 aliphatic rings. The molecule has 0 heterocycles. The van der Waals surface area contributed by atoms with E-state index in [1.54, 1.807) is 0 Å². The van der Waals surface area contributed by atoms with Crippen molar-refractivity contribution >= 4 is 24.1 Å². The zero-order valence-corrected chi connectivity index (χ0v) is 12.5. The van der Waals surface area contributed by atoms with Crippen LogP contribution in [-0.4, -0.2) is 11.9 Å². The molecule has 0 radical (unpaired) electrons. The predicted octanol–water partition coefficient (Wildman–Crippen LogP) is 4.11. The largest absolute Gasteiger partial charge is 0.435 e. The predicted molar refractivity (Wildman–Crippen MR) is 88.4 cm³/mol. The van der Waals surface area contributed by atoms with Gasteiger partial charge in [0.2, 0.25) is 0 Å². The van der Waals surface area contributed by atoms with Gasteiger partial charge in [0.05, 0.1) is 25.4 Å². The molecular formula is C18H20O4. The van der Waals surface area contributed by atoms with Gasteiger partial charge in [-0.25, -0.2) is 0 Å². The Bertz CT molecular complexity index is 495. The van der Waals surface area contributed by atoms with E-state index in [1.165, 1.54) is 0 Å². The lowest BCUT2D eigenvalue weighted by molar-refractivity contribution is -0.144. The number of benzene rings is 1. The Morgan fingerprint density at radius 2 is 1.18 bits per heavy atom. The lowest BCUT2D eigenvalue weighted by Gasteiger charge is -1.97. The third kappa shape index (κ3) is 8.32. The average Bonchev–Trinajstić information content (AvgIpc) is 2.54. The van der Waals surface area contributed by atoms with Gasteiger partial charge in [-0.05, 0) is 11.1 Å². The first kappa shape index (κ1) is 19.1. The van der Waals surface area contributed by atoms with Gasteiger partial charge < -0.3 is 9.47 Å². The minimum atomic E-state index is -0.508. The molecule has 0 aliphatic heterocycles. The van der Waals surface area contributed by atoms with E-state index in [1.807, 2.05) is 36.4 Å². The van der Waals surface area contributed by atoms with E-state index >= 15 is 0 Å². The van der Waals surface area contributed by atoms with Crippen LogP contribution in [0.25, 0.3) is 12.2 Å². The fourth-order valence-electron chi connectivity index (χ4n) is 1.39. The molecule has 22 heavy (non-hydrogen) atoms. The van der Waals surface area contributed by atoms with Crippen LogP contribution in [0.4, 0.5) is 0 Å². The van der Waals surface area contributed by atoms with Crippen LogP contribution < -0.4 is 0 Å². The third-order valence-electron chi connectivity index (χ3n) is 2.40. The van der Waals surface area contributed by atoms with Crippen LogP contribution in [0.3, 0.4) is 0 Å². The maximum atomic E-state index is 10.6. The lowest BCUT2D eigenvalue weighted by Crippen LogP contribution is -2.05. The SMILES string of the molecule is C=COC(=O)CCC(=O)OC=C.C=Cc1ccccc1C=C. The Kier molecular flexibility index (Phi) is 10.3. The molecule has 0 bridgehead atoms. The minimum Gasteiger partial charge on any atom is -0.435 e. The summed E-state index contributed by atoms with van der Waals surface area (Å²) in [4.78, 5) is 21.2. The van der Waals surface area contributed by atoms with Crippen LogP contribution in [0.1, 0.15) is 24.0 Å². The first-order valence-corrected chi connectivity index (χ1v) is 6.53. The normalized spacial score (nSPS) is 8.55. The van der Waals surface area contributed by atoms with Gasteiger partial charge in [0.15, 0.2) is 0 Å². The molecule has 0 N–H and O–H groups in total. The fraction of sp³-hybridized carbons (Fsp3) is 0.111. The molecule has 1 aromatic rings. The number of carbonyl (C=O) groups excluding carboxylic acids is 2. The molecule has 0 spiro atoms. The van der Waals surface area contributed by atoms with E-state index in [2.05, 4.69) is 35.8 Å².